The lowest BCUT2D eigenvalue weighted by molar-refractivity contribution is 0.271. The second-order valence-electron chi connectivity index (χ2n) is 4.25. The van der Waals surface area contributed by atoms with Gasteiger partial charge in [-0.05, 0) is 49.7 Å². The third kappa shape index (κ3) is 4.13. The molecule has 108 valence electrons. The third-order valence-electron chi connectivity index (χ3n) is 2.74. The number of hydrogen-bond acceptors (Lipinski definition) is 4. The predicted octanol–water partition coefficient (Wildman–Crippen LogP) is 3.88. The van der Waals surface area contributed by atoms with E-state index in [2.05, 4.69) is 0 Å². The summed E-state index contributed by atoms with van der Waals surface area (Å²) in [6, 6.07) is 9.79. The van der Waals surface area contributed by atoms with Gasteiger partial charge in [0.1, 0.15) is 6.61 Å². The van der Waals surface area contributed by atoms with Crippen LogP contribution in [0.2, 0.25) is 4.34 Å². The number of nitrogens with two attached hydrogens (primary N) is 1. The highest BCUT2D eigenvalue weighted by Gasteiger charge is 2.07. The maximum absolute atomic E-state index is 5.91. The van der Waals surface area contributed by atoms with E-state index in [9.17, 15) is 0 Å². The number of benzene rings is 1. The smallest absolute Gasteiger partial charge is 0.161 e. The van der Waals surface area contributed by atoms with Crippen molar-refractivity contribution in [2.45, 2.75) is 20.0 Å². The molecule has 1 aromatic carbocycles. The summed E-state index contributed by atoms with van der Waals surface area (Å²) in [5.41, 5.74) is 6.73. The SMILES string of the molecule is CCOc1cc(CCN)ccc1OCc1ccc(Cl)s1. The average Bonchev–Trinajstić information content (AvgIpc) is 2.84. The van der Waals surface area contributed by atoms with E-state index in [1.54, 1.807) is 0 Å². The fourth-order valence-corrected chi connectivity index (χ4v) is 2.84. The number of halogens is 1. The molecule has 0 saturated carbocycles. The highest BCUT2D eigenvalue weighted by Crippen LogP contribution is 2.30. The van der Waals surface area contributed by atoms with Gasteiger partial charge in [0.2, 0.25) is 0 Å². The quantitative estimate of drug-likeness (QED) is 0.844. The van der Waals surface area contributed by atoms with Gasteiger partial charge in [0.25, 0.3) is 0 Å². The Labute approximate surface area is 128 Å². The first-order chi connectivity index (χ1) is 9.72. The molecule has 0 aliphatic heterocycles. The lowest BCUT2D eigenvalue weighted by Gasteiger charge is -2.12. The van der Waals surface area contributed by atoms with Crippen molar-refractivity contribution < 1.29 is 9.47 Å². The van der Waals surface area contributed by atoms with Crippen LogP contribution in [-0.4, -0.2) is 13.2 Å². The normalized spacial score (nSPS) is 10.6. The zero-order chi connectivity index (χ0) is 14.4. The molecule has 0 aliphatic rings. The molecule has 1 heterocycles. The summed E-state index contributed by atoms with van der Waals surface area (Å²) >= 11 is 7.43. The van der Waals surface area contributed by atoms with Crippen molar-refractivity contribution >= 4 is 22.9 Å². The van der Waals surface area contributed by atoms with Crippen molar-refractivity contribution in [3.8, 4) is 11.5 Å². The first-order valence-corrected chi connectivity index (χ1v) is 7.75. The molecule has 2 N–H and O–H groups in total. The van der Waals surface area contributed by atoms with E-state index in [1.807, 2.05) is 37.3 Å². The van der Waals surface area contributed by atoms with E-state index in [0.717, 1.165) is 32.7 Å². The first-order valence-electron chi connectivity index (χ1n) is 6.55. The minimum Gasteiger partial charge on any atom is -0.490 e. The van der Waals surface area contributed by atoms with Crippen molar-refractivity contribution in [1.29, 1.82) is 0 Å². The van der Waals surface area contributed by atoms with Crippen LogP contribution in [0.1, 0.15) is 17.4 Å². The van der Waals surface area contributed by atoms with Crippen LogP contribution < -0.4 is 15.2 Å². The van der Waals surface area contributed by atoms with Crippen LogP contribution in [0, 0.1) is 0 Å². The van der Waals surface area contributed by atoms with Crippen molar-refractivity contribution in [2.24, 2.45) is 5.73 Å². The number of ether oxygens (including phenoxy) is 2. The second-order valence-corrected chi connectivity index (χ2v) is 6.05. The zero-order valence-electron chi connectivity index (χ0n) is 11.4. The van der Waals surface area contributed by atoms with Crippen LogP contribution >= 0.6 is 22.9 Å². The first kappa shape index (κ1) is 15.2. The van der Waals surface area contributed by atoms with Gasteiger partial charge in [-0.25, -0.2) is 0 Å². The molecule has 0 saturated heterocycles. The van der Waals surface area contributed by atoms with E-state index < -0.39 is 0 Å². The van der Waals surface area contributed by atoms with Gasteiger partial charge in [-0.15, -0.1) is 11.3 Å². The zero-order valence-corrected chi connectivity index (χ0v) is 13.0. The van der Waals surface area contributed by atoms with E-state index >= 15 is 0 Å². The molecule has 0 spiro atoms. The Morgan fingerprint density at radius 2 is 2.00 bits per heavy atom. The molecule has 3 nitrogen and oxygen atoms in total. The van der Waals surface area contributed by atoms with Gasteiger partial charge in [0.15, 0.2) is 11.5 Å². The molecular weight excluding hydrogens is 294 g/mol. The van der Waals surface area contributed by atoms with Gasteiger partial charge < -0.3 is 15.2 Å². The summed E-state index contributed by atoms with van der Waals surface area (Å²) < 4.78 is 12.2. The summed E-state index contributed by atoms with van der Waals surface area (Å²) in [5.74, 6) is 1.51. The summed E-state index contributed by atoms with van der Waals surface area (Å²) in [6.45, 7) is 3.68. The minimum atomic E-state index is 0.494. The standard InChI is InChI=1S/C15H18ClNO2S/c1-2-18-14-9-11(7-8-17)3-5-13(14)19-10-12-4-6-15(16)20-12/h3-6,9H,2,7-8,10,17H2,1H3. The Morgan fingerprint density at radius 3 is 2.65 bits per heavy atom. The molecule has 0 amide bonds. The molecule has 2 rings (SSSR count). The molecule has 0 atom stereocenters. The van der Waals surface area contributed by atoms with Gasteiger partial charge in [-0.2, -0.15) is 0 Å². The lowest BCUT2D eigenvalue weighted by atomic mass is 10.1. The number of hydrogen-bond donors (Lipinski definition) is 1. The van der Waals surface area contributed by atoms with Gasteiger partial charge in [-0.1, -0.05) is 17.7 Å². The molecular formula is C15H18ClNO2S. The van der Waals surface area contributed by atoms with E-state index in [4.69, 9.17) is 26.8 Å². The molecule has 0 aliphatic carbocycles. The van der Waals surface area contributed by atoms with Crippen molar-refractivity contribution in [3.05, 3.63) is 45.1 Å². The van der Waals surface area contributed by atoms with Crippen LogP contribution in [-0.2, 0) is 13.0 Å². The Kier molecular flexibility index (Phi) is 5.71. The Hall–Kier alpha value is -1.23. The average molecular weight is 312 g/mol. The molecule has 0 unspecified atom stereocenters. The highest BCUT2D eigenvalue weighted by molar-refractivity contribution is 7.16. The van der Waals surface area contributed by atoms with Crippen molar-refractivity contribution in [2.75, 3.05) is 13.2 Å². The molecule has 0 radical (unpaired) electrons. The van der Waals surface area contributed by atoms with Gasteiger partial charge in [0, 0.05) is 4.88 Å². The fourth-order valence-electron chi connectivity index (χ4n) is 1.84. The highest BCUT2D eigenvalue weighted by atomic mass is 35.5. The topological polar surface area (TPSA) is 44.5 Å². The minimum absolute atomic E-state index is 0.494. The molecule has 2 aromatic rings. The summed E-state index contributed by atoms with van der Waals surface area (Å²) in [7, 11) is 0. The molecule has 1 aromatic heterocycles. The van der Waals surface area contributed by atoms with E-state index in [1.165, 1.54) is 11.3 Å². The van der Waals surface area contributed by atoms with Gasteiger partial charge >= 0.3 is 0 Å². The van der Waals surface area contributed by atoms with Crippen LogP contribution in [0.15, 0.2) is 30.3 Å². The molecule has 5 heteroatoms. The number of thiophene rings is 1. The lowest BCUT2D eigenvalue weighted by Crippen LogP contribution is -2.04. The second kappa shape index (κ2) is 7.53. The molecule has 0 bridgehead atoms. The monoisotopic (exact) mass is 311 g/mol. The van der Waals surface area contributed by atoms with Crippen LogP contribution in [0.4, 0.5) is 0 Å². The van der Waals surface area contributed by atoms with Gasteiger partial charge in [0.05, 0.1) is 10.9 Å². The number of rotatable bonds is 7. The van der Waals surface area contributed by atoms with Gasteiger partial charge in [-0.3, -0.25) is 0 Å². The third-order valence-corrected chi connectivity index (χ3v) is 3.94. The Balaban J connectivity index is 2.09. The largest absolute Gasteiger partial charge is 0.490 e. The predicted molar refractivity (Wildman–Crippen MR) is 84.0 cm³/mol. The summed E-state index contributed by atoms with van der Waals surface area (Å²) in [6.07, 6.45) is 0.834. The van der Waals surface area contributed by atoms with E-state index in [0.29, 0.717) is 19.8 Å². The van der Waals surface area contributed by atoms with Crippen LogP contribution in [0.25, 0.3) is 0 Å². The Morgan fingerprint density at radius 1 is 1.15 bits per heavy atom. The van der Waals surface area contributed by atoms with Crippen molar-refractivity contribution in [3.63, 3.8) is 0 Å². The molecule has 0 fully saturated rings. The maximum atomic E-state index is 5.91. The Bertz CT molecular complexity index is 557. The van der Waals surface area contributed by atoms with E-state index in [-0.39, 0.29) is 0 Å². The van der Waals surface area contributed by atoms with Crippen LogP contribution in [0.3, 0.4) is 0 Å². The fraction of sp³-hybridized carbons (Fsp3) is 0.333. The van der Waals surface area contributed by atoms with Crippen molar-refractivity contribution in [1.82, 2.24) is 0 Å². The maximum Gasteiger partial charge on any atom is 0.161 e. The van der Waals surface area contributed by atoms with Crippen LogP contribution in [0.5, 0.6) is 11.5 Å². The summed E-state index contributed by atoms with van der Waals surface area (Å²) in [4.78, 5) is 1.09. The summed E-state index contributed by atoms with van der Waals surface area (Å²) in [5, 5.41) is 0. The molecule has 20 heavy (non-hydrogen) atoms.